The summed E-state index contributed by atoms with van der Waals surface area (Å²) in [6.07, 6.45) is 24.8. The summed E-state index contributed by atoms with van der Waals surface area (Å²) in [5, 5.41) is 0. The molecule has 3 fully saturated rings. The van der Waals surface area contributed by atoms with Crippen LogP contribution in [0.4, 0.5) is 0 Å². The van der Waals surface area contributed by atoms with Crippen molar-refractivity contribution in [2.75, 3.05) is 0 Å². The Labute approximate surface area is 127 Å². The molecule has 0 radical (unpaired) electrons. The number of hydrogen-bond donors (Lipinski definition) is 0. The second-order valence-electron chi connectivity index (χ2n) is 8.12. The number of hydrogen-bond acceptors (Lipinski definition) is 0. The van der Waals surface area contributed by atoms with Gasteiger partial charge in [-0.3, -0.25) is 0 Å². The third kappa shape index (κ3) is 3.80. The van der Waals surface area contributed by atoms with Gasteiger partial charge in [0.15, 0.2) is 0 Å². The van der Waals surface area contributed by atoms with Crippen LogP contribution < -0.4 is 0 Å². The van der Waals surface area contributed by atoms with E-state index in [9.17, 15) is 0 Å². The maximum atomic E-state index is 1.59. The van der Waals surface area contributed by atoms with Gasteiger partial charge in [0.05, 0.1) is 0 Å². The van der Waals surface area contributed by atoms with Crippen LogP contribution in [0.15, 0.2) is 0 Å². The van der Waals surface area contributed by atoms with Gasteiger partial charge in [-0.2, -0.15) is 0 Å². The zero-order chi connectivity index (χ0) is 13.6. The third-order valence-corrected chi connectivity index (χ3v) is 6.89. The highest BCUT2D eigenvalue weighted by Gasteiger charge is 2.38. The number of fused-ring (bicyclic) bond motifs is 1. The van der Waals surface area contributed by atoms with Crippen LogP contribution in [0.3, 0.4) is 0 Å². The molecule has 0 aliphatic heterocycles. The van der Waals surface area contributed by atoms with E-state index in [1.54, 1.807) is 70.6 Å². The Morgan fingerprint density at radius 3 is 1.25 bits per heavy atom. The van der Waals surface area contributed by atoms with Gasteiger partial charge >= 0.3 is 0 Å². The first-order valence-corrected chi connectivity index (χ1v) is 9.95. The minimum atomic E-state index is 1.11. The van der Waals surface area contributed by atoms with Crippen LogP contribution >= 0.6 is 0 Å². The van der Waals surface area contributed by atoms with E-state index >= 15 is 0 Å². The molecule has 3 rings (SSSR count). The minimum Gasteiger partial charge on any atom is -0.0533 e. The zero-order valence-corrected chi connectivity index (χ0v) is 13.6. The summed E-state index contributed by atoms with van der Waals surface area (Å²) in [7, 11) is 0. The maximum absolute atomic E-state index is 1.59. The van der Waals surface area contributed by atoms with Crippen molar-refractivity contribution < 1.29 is 0 Å². The molecular formula is C20H36. The molecule has 20 heavy (non-hydrogen) atoms. The molecule has 0 heterocycles. The van der Waals surface area contributed by atoms with Gasteiger partial charge in [0, 0.05) is 0 Å². The standard InChI is InChI=1S/C20H36/c1-2-4-6-11-17(12-7-5-3-1)20-16-10-14-18-13-8-9-15-19(18)20/h17-20H,1-16H2. The van der Waals surface area contributed by atoms with Gasteiger partial charge in [-0.1, -0.05) is 89.9 Å². The Bertz CT molecular complexity index is 257. The van der Waals surface area contributed by atoms with Gasteiger partial charge in [0.2, 0.25) is 0 Å². The first-order chi connectivity index (χ1) is 9.95. The fraction of sp³-hybridized carbons (Fsp3) is 1.00. The number of rotatable bonds is 1. The first-order valence-electron chi connectivity index (χ1n) is 9.95. The fourth-order valence-electron chi connectivity index (χ4n) is 5.84. The lowest BCUT2D eigenvalue weighted by molar-refractivity contribution is 0.0550. The molecule has 0 nitrogen and oxygen atoms in total. The quantitative estimate of drug-likeness (QED) is 0.498. The molecule has 3 atom stereocenters. The summed E-state index contributed by atoms with van der Waals surface area (Å²) in [4.78, 5) is 0. The Hall–Kier alpha value is 0. The average Bonchev–Trinajstić information content (AvgIpc) is 2.52. The summed E-state index contributed by atoms with van der Waals surface area (Å²) in [6, 6.07) is 0. The lowest BCUT2D eigenvalue weighted by atomic mass is 9.60. The molecule has 0 aromatic rings. The van der Waals surface area contributed by atoms with Gasteiger partial charge in [0.1, 0.15) is 0 Å². The molecule has 3 saturated carbocycles. The molecule has 0 N–H and O–H groups in total. The fourth-order valence-corrected chi connectivity index (χ4v) is 5.84. The van der Waals surface area contributed by atoms with Crippen molar-refractivity contribution in [1.82, 2.24) is 0 Å². The highest BCUT2D eigenvalue weighted by Crippen LogP contribution is 2.48. The lowest BCUT2D eigenvalue weighted by Crippen LogP contribution is -2.35. The lowest BCUT2D eigenvalue weighted by Gasteiger charge is -2.45. The molecule has 0 aromatic heterocycles. The smallest absolute Gasteiger partial charge is 0.0355 e. The molecule has 0 aromatic carbocycles. The second-order valence-corrected chi connectivity index (χ2v) is 8.12. The predicted octanol–water partition coefficient (Wildman–Crippen LogP) is 6.73. The zero-order valence-electron chi connectivity index (χ0n) is 13.6. The highest BCUT2D eigenvalue weighted by atomic mass is 14.4. The van der Waals surface area contributed by atoms with Crippen LogP contribution in [0.25, 0.3) is 0 Å². The van der Waals surface area contributed by atoms with Crippen molar-refractivity contribution in [2.45, 2.75) is 103 Å². The molecule has 0 bridgehead atoms. The monoisotopic (exact) mass is 276 g/mol. The topological polar surface area (TPSA) is 0 Å². The largest absolute Gasteiger partial charge is 0.0533 e. The molecule has 0 spiro atoms. The molecule has 3 unspecified atom stereocenters. The van der Waals surface area contributed by atoms with Crippen LogP contribution in [0.1, 0.15) is 103 Å². The van der Waals surface area contributed by atoms with Gasteiger partial charge in [0.25, 0.3) is 0 Å². The molecule has 0 saturated heterocycles. The SMILES string of the molecule is C1CCCCC(C2CCCC3CCCCC32)CCCC1. The van der Waals surface area contributed by atoms with E-state index in [2.05, 4.69) is 0 Å². The molecular weight excluding hydrogens is 240 g/mol. The van der Waals surface area contributed by atoms with Gasteiger partial charge in [-0.25, -0.2) is 0 Å². The van der Waals surface area contributed by atoms with Crippen LogP contribution in [0, 0.1) is 23.7 Å². The van der Waals surface area contributed by atoms with Crippen molar-refractivity contribution in [2.24, 2.45) is 23.7 Å². The first kappa shape index (κ1) is 14.9. The van der Waals surface area contributed by atoms with Gasteiger partial charge in [-0.15, -0.1) is 0 Å². The van der Waals surface area contributed by atoms with Crippen molar-refractivity contribution in [3.63, 3.8) is 0 Å². The van der Waals surface area contributed by atoms with Crippen molar-refractivity contribution in [3.05, 3.63) is 0 Å². The van der Waals surface area contributed by atoms with E-state index in [0.717, 1.165) is 23.7 Å². The summed E-state index contributed by atoms with van der Waals surface area (Å²) in [6.45, 7) is 0. The Morgan fingerprint density at radius 2 is 0.650 bits per heavy atom. The summed E-state index contributed by atoms with van der Waals surface area (Å²) in [5.74, 6) is 4.52. The van der Waals surface area contributed by atoms with Crippen LogP contribution in [0.5, 0.6) is 0 Å². The molecule has 3 aliphatic carbocycles. The van der Waals surface area contributed by atoms with E-state index < -0.39 is 0 Å². The second kappa shape index (κ2) is 7.85. The Morgan fingerprint density at radius 1 is 0.300 bits per heavy atom. The summed E-state index contributed by atoms with van der Waals surface area (Å²) >= 11 is 0. The highest BCUT2D eigenvalue weighted by molar-refractivity contribution is 4.88. The predicted molar refractivity (Wildman–Crippen MR) is 87.8 cm³/mol. The molecule has 0 heteroatoms. The van der Waals surface area contributed by atoms with Crippen LogP contribution in [0.2, 0.25) is 0 Å². The van der Waals surface area contributed by atoms with E-state index in [4.69, 9.17) is 0 Å². The van der Waals surface area contributed by atoms with Crippen LogP contribution in [-0.4, -0.2) is 0 Å². The van der Waals surface area contributed by atoms with E-state index in [1.165, 1.54) is 32.1 Å². The minimum absolute atomic E-state index is 1.11. The average molecular weight is 277 g/mol. The van der Waals surface area contributed by atoms with Crippen molar-refractivity contribution >= 4 is 0 Å². The molecule has 3 aliphatic rings. The Kier molecular flexibility index (Phi) is 5.86. The third-order valence-electron chi connectivity index (χ3n) is 6.89. The Balaban J connectivity index is 1.61. The van der Waals surface area contributed by atoms with Gasteiger partial charge in [-0.05, 0) is 36.5 Å². The maximum Gasteiger partial charge on any atom is -0.0355 e. The molecule has 116 valence electrons. The van der Waals surface area contributed by atoms with Crippen molar-refractivity contribution in [1.29, 1.82) is 0 Å². The van der Waals surface area contributed by atoms with E-state index in [-0.39, 0.29) is 0 Å². The normalized spacial score (nSPS) is 38.1. The summed E-state index contributed by atoms with van der Waals surface area (Å²) < 4.78 is 0. The van der Waals surface area contributed by atoms with Crippen LogP contribution in [-0.2, 0) is 0 Å². The summed E-state index contributed by atoms with van der Waals surface area (Å²) in [5.41, 5.74) is 0. The van der Waals surface area contributed by atoms with Crippen molar-refractivity contribution in [3.8, 4) is 0 Å². The van der Waals surface area contributed by atoms with Gasteiger partial charge < -0.3 is 0 Å². The molecule has 0 amide bonds. The van der Waals surface area contributed by atoms with E-state index in [0.29, 0.717) is 0 Å². The van der Waals surface area contributed by atoms with E-state index in [1.807, 2.05) is 0 Å².